The van der Waals surface area contributed by atoms with Crippen LogP contribution >= 0.6 is 0 Å². The molecule has 0 saturated heterocycles. The monoisotopic (exact) mass is 944 g/mol. The maximum atomic E-state index is 5.37. The van der Waals surface area contributed by atoms with Gasteiger partial charge in [-0.05, 0) is 73.3 Å². The first kappa shape index (κ1) is 43.0. The van der Waals surface area contributed by atoms with Gasteiger partial charge in [0.25, 0.3) is 0 Å². The zero-order valence-corrected chi connectivity index (χ0v) is 40.1. The Balaban J connectivity index is 0.969. The van der Waals surface area contributed by atoms with Gasteiger partial charge in [0.1, 0.15) is 0 Å². The van der Waals surface area contributed by atoms with Crippen molar-refractivity contribution in [3.63, 3.8) is 0 Å². The summed E-state index contributed by atoms with van der Waals surface area (Å²) in [6.07, 6.45) is 0. The van der Waals surface area contributed by atoms with Gasteiger partial charge in [-0.25, -0.2) is 29.9 Å². The van der Waals surface area contributed by atoms with Crippen LogP contribution in [0.1, 0.15) is 44.9 Å². The molecular weight excluding hydrogens is 901 g/mol. The third kappa shape index (κ3) is 7.10. The maximum Gasteiger partial charge on any atom is 0.164 e. The summed E-state index contributed by atoms with van der Waals surface area (Å²) in [5.74, 6) is 3.64. The topological polar surface area (TPSA) is 77.3 Å². The fraction of sp³-hybridized carbons (Fsp3) is 0.0294. The summed E-state index contributed by atoms with van der Waals surface area (Å²) in [6, 6.07) is 91.8. The molecule has 12 aromatic rings. The van der Waals surface area contributed by atoms with Gasteiger partial charge < -0.3 is 0 Å². The molecule has 0 spiro atoms. The van der Waals surface area contributed by atoms with Crippen molar-refractivity contribution in [3.8, 4) is 90.6 Å². The van der Waals surface area contributed by atoms with E-state index in [2.05, 4.69) is 212 Å². The number of nitrogens with zero attached hydrogens (tertiary/aromatic N) is 6. The van der Waals surface area contributed by atoms with Gasteiger partial charge >= 0.3 is 0 Å². The van der Waals surface area contributed by atoms with Crippen LogP contribution in [0.3, 0.4) is 0 Å². The molecule has 0 saturated carbocycles. The molecule has 0 N–H and O–H groups in total. The molecule has 0 fully saturated rings. The Morgan fingerprint density at radius 2 is 0.595 bits per heavy atom. The fourth-order valence-corrected chi connectivity index (χ4v) is 11.5. The molecule has 10 aromatic carbocycles. The number of hydrogen-bond donors (Lipinski definition) is 0. The van der Waals surface area contributed by atoms with Crippen LogP contribution < -0.4 is 0 Å². The Morgan fingerprint density at radius 1 is 0.230 bits per heavy atom. The number of aromatic nitrogens is 6. The number of rotatable bonds is 9. The molecule has 2 heterocycles. The quantitative estimate of drug-likeness (QED) is 0.143. The Labute approximate surface area is 429 Å². The lowest BCUT2D eigenvalue weighted by molar-refractivity contribution is 0.630. The predicted molar refractivity (Wildman–Crippen MR) is 296 cm³/mol. The van der Waals surface area contributed by atoms with Gasteiger partial charge in [0.15, 0.2) is 34.9 Å². The zero-order chi connectivity index (χ0) is 49.0. The van der Waals surface area contributed by atoms with Crippen LogP contribution in [0, 0.1) is 0 Å². The second kappa shape index (κ2) is 17.8. The van der Waals surface area contributed by atoms with Crippen LogP contribution in [0.4, 0.5) is 0 Å². The third-order valence-corrected chi connectivity index (χ3v) is 14.8. The minimum atomic E-state index is -0.683. The lowest BCUT2D eigenvalue weighted by Crippen LogP contribution is -2.43. The van der Waals surface area contributed by atoms with E-state index in [0.717, 1.165) is 55.6 Å². The van der Waals surface area contributed by atoms with Gasteiger partial charge in [-0.1, -0.05) is 249 Å². The summed E-state index contributed by atoms with van der Waals surface area (Å²) in [6.45, 7) is 0. The normalized spacial score (nSPS) is 14.9. The van der Waals surface area contributed by atoms with Crippen LogP contribution in [0.5, 0.6) is 0 Å². The molecule has 3 aliphatic carbocycles. The summed E-state index contributed by atoms with van der Waals surface area (Å²) in [5, 5.41) is 0. The summed E-state index contributed by atoms with van der Waals surface area (Å²) in [7, 11) is 0. The Hall–Kier alpha value is -9.78. The molecule has 2 unspecified atom stereocenters. The van der Waals surface area contributed by atoms with Crippen molar-refractivity contribution in [2.45, 2.75) is 11.3 Å². The second-order valence-electron chi connectivity index (χ2n) is 18.9. The van der Waals surface area contributed by atoms with Crippen molar-refractivity contribution < 1.29 is 0 Å². The van der Waals surface area contributed by atoms with E-state index >= 15 is 0 Å². The van der Waals surface area contributed by atoms with E-state index < -0.39 is 5.41 Å². The molecule has 74 heavy (non-hydrogen) atoms. The highest BCUT2D eigenvalue weighted by molar-refractivity contribution is 5.85. The first-order valence-corrected chi connectivity index (χ1v) is 25.1. The van der Waals surface area contributed by atoms with Crippen molar-refractivity contribution in [1.82, 2.24) is 29.9 Å². The van der Waals surface area contributed by atoms with Crippen LogP contribution in [-0.2, 0) is 5.41 Å². The van der Waals surface area contributed by atoms with Gasteiger partial charge in [-0.15, -0.1) is 0 Å². The number of hydrogen-bond acceptors (Lipinski definition) is 6. The van der Waals surface area contributed by atoms with E-state index in [1.807, 2.05) is 48.5 Å². The molecule has 2 aromatic heterocycles. The molecule has 6 heteroatoms. The molecule has 346 valence electrons. The van der Waals surface area contributed by atoms with Crippen molar-refractivity contribution in [2.24, 2.45) is 0 Å². The van der Waals surface area contributed by atoms with Crippen LogP contribution in [0.25, 0.3) is 90.6 Å². The van der Waals surface area contributed by atoms with Crippen LogP contribution in [0.15, 0.2) is 261 Å². The molecule has 2 bridgehead atoms. The standard InChI is InChI=1S/C68H44N6/c1-6-22-44(23-7-1)51-32-16-18-34-53(51)66-71-62(46-26-10-3-11-27-46)69-64(73-66)48-39-41-59-57(42-48)61-55-36-20-21-37-58(55)68(59,50-30-14-5-15-31-50)60-43-49(38-40-56(60)61)65-70-63(47-28-12-4-13-29-47)72-67(74-65)54-35-19-17-33-52(54)45-24-8-2-9-25-45/h1-43,61H. The van der Waals surface area contributed by atoms with Crippen molar-refractivity contribution in [1.29, 1.82) is 0 Å². The SMILES string of the molecule is c1ccc(-c2nc(-c3ccc4c(c3)C3c5ccccc5C4(c4ccccc4)c4cc(-c5nc(-c6ccccc6)nc(-c6ccccc6-c6ccccc6)n5)ccc43)nc(-c3ccccc3-c3ccccc3)n2)cc1. The first-order valence-electron chi connectivity index (χ1n) is 25.1. The maximum absolute atomic E-state index is 5.37. The molecule has 0 aliphatic heterocycles. The molecule has 2 atom stereocenters. The highest BCUT2D eigenvalue weighted by atomic mass is 15.0. The number of benzene rings is 10. The summed E-state index contributed by atoms with van der Waals surface area (Å²) < 4.78 is 0. The highest BCUT2D eigenvalue weighted by Gasteiger charge is 2.53. The van der Waals surface area contributed by atoms with Crippen molar-refractivity contribution >= 4 is 0 Å². The van der Waals surface area contributed by atoms with E-state index in [9.17, 15) is 0 Å². The minimum Gasteiger partial charge on any atom is -0.208 e. The van der Waals surface area contributed by atoms with E-state index in [-0.39, 0.29) is 5.92 Å². The summed E-state index contributed by atoms with van der Waals surface area (Å²) in [5.41, 5.74) is 17.9. The van der Waals surface area contributed by atoms with E-state index in [1.54, 1.807) is 0 Å². The van der Waals surface area contributed by atoms with Gasteiger partial charge in [0.05, 0.1) is 5.41 Å². The van der Waals surface area contributed by atoms with E-state index in [0.29, 0.717) is 34.9 Å². The van der Waals surface area contributed by atoms with E-state index in [1.165, 1.54) is 38.9 Å². The average Bonchev–Trinajstić information content (AvgIpc) is 3.52. The van der Waals surface area contributed by atoms with Gasteiger partial charge in [0.2, 0.25) is 0 Å². The lowest BCUT2D eigenvalue weighted by Gasteiger charge is -2.51. The second-order valence-corrected chi connectivity index (χ2v) is 18.9. The first-order chi connectivity index (χ1) is 36.7. The van der Waals surface area contributed by atoms with Crippen LogP contribution in [0.2, 0.25) is 0 Å². The van der Waals surface area contributed by atoms with Crippen molar-refractivity contribution in [3.05, 3.63) is 300 Å². The van der Waals surface area contributed by atoms with E-state index in [4.69, 9.17) is 29.9 Å². The van der Waals surface area contributed by atoms with Gasteiger partial charge in [0, 0.05) is 39.3 Å². The Bertz CT molecular complexity index is 4070. The fourth-order valence-electron chi connectivity index (χ4n) is 11.5. The zero-order valence-electron chi connectivity index (χ0n) is 40.1. The molecule has 3 aliphatic rings. The molecular formula is C68H44N6. The third-order valence-electron chi connectivity index (χ3n) is 14.8. The summed E-state index contributed by atoms with van der Waals surface area (Å²) in [4.78, 5) is 31.6. The Morgan fingerprint density at radius 3 is 1.12 bits per heavy atom. The largest absolute Gasteiger partial charge is 0.208 e. The smallest absolute Gasteiger partial charge is 0.164 e. The van der Waals surface area contributed by atoms with Crippen molar-refractivity contribution in [2.75, 3.05) is 0 Å². The molecule has 15 rings (SSSR count). The molecule has 0 amide bonds. The van der Waals surface area contributed by atoms with Gasteiger partial charge in [-0.3, -0.25) is 0 Å². The Kier molecular flexibility index (Phi) is 10.4. The molecule has 0 radical (unpaired) electrons. The van der Waals surface area contributed by atoms with Crippen LogP contribution in [-0.4, -0.2) is 29.9 Å². The predicted octanol–water partition coefficient (Wildman–Crippen LogP) is 15.6. The van der Waals surface area contributed by atoms with Gasteiger partial charge in [-0.2, -0.15) is 0 Å². The summed E-state index contributed by atoms with van der Waals surface area (Å²) >= 11 is 0. The minimum absolute atomic E-state index is 0.0731. The molecule has 6 nitrogen and oxygen atoms in total. The lowest BCUT2D eigenvalue weighted by atomic mass is 9.50. The average molecular weight is 945 g/mol. The highest BCUT2D eigenvalue weighted by Crippen LogP contribution is 2.62.